The summed E-state index contributed by atoms with van der Waals surface area (Å²) < 4.78 is 0. The molecule has 1 saturated carbocycles. The fourth-order valence-corrected chi connectivity index (χ4v) is 2.01. The van der Waals surface area contributed by atoms with Crippen LogP contribution in [-0.2, 0) is 9.59 Å². The second kappa shape index (κ2) is 4.40. The number of carbonyl (C=O) groups excluding carboxylic acids is 1. The van der Waals surface area contributed by atoms with Gasteiger partial charge in [0.15, 0.2) is 0 Å². The van der Waals surface area contributed by atoms with E-state index in [0.717, 1.165) is 19.3 Å². The van der Waals surface area contributed by atoms with Crippen LogP contribution in [0.3, 0.4) is 0 Å². The number of carboxylic acids is 1. The lowest BCUT2D eigenvalue weighted by molar-refractivity contribution is -0.148. The third kappa shape index (κ3) is 2.54. The molecule has 1 aliphatic rings. The summed E-state index contributed by atoms with van der Waals surface area (Å²) in [6, 6.07) is 0. The topological polar surface area (TPSA) is 54.4 Å². The number of carbonyl (C=O) groups is 2. The Kier molecular flexibility index (Phi) is 3.46. The van der Waals surface area contributed by atoms with Gasteiger partial charge in [-0.2, -0.15) is 0 Å². The monoisotopic (exact) mass is 184 g/mol. The maximum absolute atomic E-state index is 11.2. The van der Waals surface area contributed by atoms with Crippen LogP contribution in [0.2, 0.25) is 0 Å². The zero-order valence-corrected chi connectivity index (χ0v) is 7.95. The van der Waals surface area contributed by atoms with E-state index in [2.05, 4.69) is 6.92 Å². The number of hydrogen-bond acceptors (Lipinski definition) is 2. The Labute approximate surface area is 78.1 Å². The normalized spacial score (nSPS) is 28.8. The highest BCUT2D eigenvalue weighted by atomic mass is 16.4. The van der Waals surface area contributed by atoms with Crippen molar-refractivity contribution in [1.82, 2.24) is 0 Å². The molecule has 0 aromatic rings. The molecule has 1 rings (SSSR count). The fraction of sp³-hybridized carbons (Fsp3) is 0.800. The van der Waals surface area contributed by atoms with E-state index in [1.54, 1.807) is 0 Å². The minimum absolute atomic E-state index is 0.0835. The number of aliphatic carboxylic acids is 1. The Bertz CT molecular complexity index is 210. The number of rotatable bonds is 3. The average Bonchev–Trinajstić information content (AvgIpc) is 2.08. The molecule has 0 aliphatic heterocycles. The summed E-state index contributed by atoms with van der Waals surface area (Å²) in [6.45, 7) is 2.09. The summed E-state index contributed by atoms with van der Waals surface area (Å²) in [5.41, 5.74) is 0. The zero-order valence-electron chi connectivity index (χ0n) is 7.95. The quantitative estimate of drug-likeness (QED) is 0.681. The summed E-state index contributed by atoms with van der Waals surface area (Å²) >= 11 is 0. The third-order valence-electron chi connectivity index (χ3n) is 2.75. The molecule has 74 valence electrons. The smallest absolute Gasteiger partial charge is 0.314 e. The molecular formula is C10H16O3. The van der Waals surface area contributed by atoms with Crippen LogP contribution in [0.25, 0.3) is 0 Å². The molecule has 1 fully saturated rings. The van der Waals surface area contributed by atoms with Crippen molar-refractivity contribution in [2.45, 2.75) is 39.0 Å². The first-order valence-corrected chi connectivity index (χ1v) is 4.90. The van der Waals surface area contributed by atoms with Crippen LogP contribution < -0.4 is 0 Å². The van der Waals surface area contributed by atoms with Crippen LogP contribution in [0.4, 0.5) is 0 Å². The summed E-state index contributed by atoms with van der Waals surface area (Å²) in [6.07, 6.45) is 4.03. The molecule has 0 aromatic heterocycles. The predicted octanol–water partition coefficient (Wildman–Crippen LogP) is 1.86. The van der Waals surface area contributed by atoms with Gasteiger partial charge in [-0.25, -0.2) is 0 Å². The number of Topliss-reactive ketones (excluding diaryl/α,β-unsaturated/α-hetero) is 1. The van der Waals surface area contributed by atoms with Gasteiger partial charge < -0.3 is 5.11 Å². The fourth-order valence-electron chi connectivity index (χ4n) is 2.01. The molecule has 3 heteroatoms. The first kappa shape index (κ1) is 10.2. The molecule has 0 bridgehead atoms. The molecule has 0 amide bonds. The van der Waals surface area contributed by atoms with Gasteiger partial charge >= 0.3 is 5.97 Å². The van der Waals surface area contributed by atoms with Gasteiger partial charge in [0, 0.05) is 6.42 Å². The molecule has 13 heavy (non-hydrogen) atoms. The van der Waals surface area contributed by atoms with Crippen LogP contribution >= 0.6 is 0 Å². The Hall–Kier alpha value is -0.860. The van der Waals surface area contributed by atoms with Crippen molar-refractivity contribution in [1.29, 1.82) is 0 Å². The van der Waals surface area contributed by atoms with Crippen molar-refractivity contribution in [3.8, 4) is 0 Å². The first-order chi connectivity index (χ1) is 6.15. The van der Waals surface area contributed by atoms with Gasteiger partial charge in [-0.1, -0.05) is 19.8 Å². The maximum Gasteiger partial charge on any atom is 0.314 e. The van der Waals surface area contributed by atoms with Crippen molar-refractivity contribution in [3.63, 3.8) is 0 Å². The summed E-state index contributed by atoms with van der Waals surface area (Å²) in [4.78, 5) is 21.9. The lowest BCUT2D eigenvalue weighted by atomic mass is 9.79. The third-order valence-corrected chi connectivity index (χ3v) is 2.75. The van der Waals surface area contributed by atoms with Gasteiger partial charge in [0.25, 0.3) is 0 Å². The molecule has 0 heterocycles. The molecule has 0 saturated heterocycles. The molecule has 0 spiro atoms. The van der Waals surface area contributed by atoms with Gasteiger partial charge in [-0.3, -0.25) is 9.59 Å². The second-order valence-corrected chi connectivity index (χ2v) is 3.79. The van der Waals surface area contributed by atoms with Gasteiger partial charge in [0.2, 0.25) is 0 Å². The lowest BCUT2D eigenvalue weighted by Gasteiger charge is -2.25. The highest BCUT2D eigenvalue weighted by Crippen LogP contribution is 2.29. The Morgan fingerprint density at radius 3 is 2.85 bits per heavy atom. The molecule has 2 atom stereocenters. The van der Waals surface area contributed by atoms with Crippen LogP contribution in [-0.4, -0.2) is 16.9 Å². The van der Waals surface area contributed by atoms with Crippen LogP contribution in [0.1, 0.15) is 39.0 Å². The average molecular weight is 184 g/mol. The minimum Gasteiger partial charge on any atom is -0.481 e. The standard InChI is InChI=1S/C10H16O3/c1-2-3-7-4-5-9(11)8(6-7)10(12)13/h7-8H,2-6H2,1H3,(H,12,13). The molecule has 0 radical (unpaired) electrons. The largest absolute Gasteiger partial charge is 0.481 e. The van der Waals surface area contributed by atoms with Gasteiger partial charge in [-0.05, 0) is 18.8 Å². The SMILES string of the molecule is CCCC1CCC(=O)C(C(=O)O)C1. The highest BCUT2D eigenvalue weighted by molar-refractivity contribution is 5.98. The van der Waals surface area contributed by atoms with E-state index < -0.39 is 11.9 Å². The lowest BCUT2D eigenvalue weighted by Crippen LogP contribution is -2.30. The molecule has 1 aliphatic carbocycles. The van der Waals surface area contributed by atoms with E-state index in [4.69, 9.17) is 5.11 Å². The maximum atomic E-state index is 11.2. The van der Waals surface area contributed by atoms with E-state index in [0.29, 0.717) is 18.8 Å². The highest BCUT2D eigenvalue weighted by Gasteiger charge is 2.33. The predicted molar refractivity (Wildman–Crippen MR) is 48.4 cm³/mol. The summed E-state index contributed by atoms with van der Waals surface area (Å²) in [7, 11) is 0. The van der Waals surface area contributed by atoms with Crippen LogP contribution in [0.5, 0.6) is 0 Å². The van der Waals surface area contributed by atoms with Crippen LogP contribution in [0, 0.1) is 11.8 Å². The van der Waals surface area contributed by atoms with E-state index in [1.165, 1.54) is 0 Å². The number of carboxylic acid groups (broad SMARTS) is 1. The summed E-state index contributed by atoms with van der Waals surface area (Å²) in [5.74, 6) is -1.29. The van der Waals surface area contributed by atoms with Crippen molar-refractivity contribution in [2.75, 3.05) is 0 Å². The zero-order chi connectivity index (χ0) is 9.84. The van der Waals surface area contributed by atoms with Crippen LogP contribution in [0.15, 0.2) is 0 Å². The van der Waals surface area contributed by atoms with E-state index in [1.807, 2.05) is 0 Å². The summed E-state index contributed by atoms with van der Waals surface area (Å²) in [5, 5.41) is 8.77. The van der Waals surface area contributed by atoms with Crippen molar-refractivity contribution < 1.29 is 14.7 Å². The number of hydrogen-bond donors (Lipinski definition) is 1. The Morgan fingerprint density at radius 1 is 1.62 bits per heavy atom. The van der Waals surface area contributed by atoms with Gasteiger partial charge in [0.1, 0.15) is 11.7 Å². The Balaban J connectivity index is 2.52. The molecule has 3 nitrogen and oxygen atoms in total. The van der Waals surface area contributed by atoms with E-state index >= 15 is 0 Å². The van der Waals surface area contributed by atoms with Gasteiger partial charge in [-0.15, -0.1) is 0 Å². The van der Waals surface area contributed by atoms with E-state index in [9.17, 15) is 9.59 Å². The molecular weight excluding hydrogens is 168 g/mol. The first-order valence-electron chi connectivity index (χ1n) is 4.90. The molecule has 1 N–H and O–H groups in total. The Morgan fingerprint density at radius 2 is 2.31 bits per heavy atom. The molecule has 0 aromatic carbocycles. The van der Waals surface area contributed by atoms with Crippen molar-refractivity contribution in [2.24, 2.45) is 11.8 Å². The second-order valence-electron chi connectivity index (χ2n) is 3.79. The number of ketones is 1. The van der Waals surface area contributed by atoms with Crippen molar-refractivity contribution in [3.05, 3.63) is 0 Å². The van der Waals surface area contributed by atoms with Crippen molar-refractivity contribution >= 4 is 11.8 Å². The van der Waals surface area contributed by atoms with E-state index in [-0.39, 0.29) is 5.78 Å². The minimum atomic E-state index is -0.939. The molecule has 2 unspecified atom stereocenters. The van der Waals surface area contributed by atoms with Gasteiger partial charge in [0.05, 0.1) is 0 Å².